The normalized spacial score (nSPS) is 10.6. The highest BCUT2D eigenvalue weighted by Gasteiger charge is 2.17. The second kappa shape index (κ2) is 14.0. The number of phenolic OH excluding ortho intramolecular Hbond substituents is 1. The number of phenols is 1. The first-order chi connectivity index (χ1) is 20.3. The highest BCUT2D eigenvalue weighted by molar-refractivity contribution is 5.87. The number of hydrogen-bond acceptors (Lipinski definition) is 7. The maximum absolute atomic E-state index is 13.3. The summed E-state index contributed by atoms with van der Waals surface area (Å²) in [4.78, 5) is 23.3. The van der Waals surface area contributed by atoms with Gasteiger partial charge in [0, 0.05) is 24.5 Å². The summed E-state index contributed by atoms with van der Waals surface area (Å²) in [5.41, 5.74) is 2.30. The van der Waals surface area contributed by atoms with Crippen molar-refractivity contribution in [2.24, 2.45) is 0 Å². The summed E-state index contributed by atoms with van der Waals surface area (Å²) < 4.78 is 36.6. The van der Waals surface area contributed by atoms with Crippen molar-refractivity contribution >= 4 is 11.9 Å². The summed E-state index contributed by atoms with van der Waals surface area (Å²) in [6.45, 7) is 4.17. The van der Waals surface area contributed by atoms with E-state index in [2.05, 4.69) is 0 Å². The molecule has 0 aliphatic carbocycles. The lowest BCUT2D eigenvalue weighted by molar-refractivity contribution is -0.134. The quantitative estimate of drug-likeness (QED) is 0.0964. The third-order valence-electron chi connectivity index (χ3n) is 6.30. The molecule has 0 fully saturated rings. The minimum atomic E-state index is -1.05. The number of para-hydroxylation sites is 1. The summed E-state index contributed by atoms with van der Waals surface area (Å²) in [5.74, 6) is -0.297. The molecule has 0 unspecified atom stereocenters. The second-order valence-electron chi connectivity index (χ2n) is 9.23. The van der Waals surface area contributed by atoms with Crippen LogP contribution in [0.5, 0.6) is 34.5 Å². The largest absolute Gasteiger partial charge is 0.507 e. The van der Waals surface area contributed by atoms with E-state index in [0.717, 1.165) is 5.56 Å². The van der Waals surface area contributed by atoms with Gasteiger partial charge in [0.05, 0.1) is 18.8 Å². The SMILES string of the molecule is CCC(=O)Oc1c(OCCCOc2cc(O)c(-c3ccc(F)cc3)cc2CC)cccc1Oc1ccc(C(=O)O)cc1. The molecule has 0 aliphatic rings. The molecule has 0 bridgehead atoms. The molecule has 0 aromatic heterocycles. The van der Waals surface area contributed by atoms with Gasteiger partial charge in [0.15, 0.2) is 11.5 Å². The molecule has 2 N–H and O–H groups in total. The van der Waals surface area contributed by atoms with E-state index < -0.39 is 11.9 Å². The summed E-state index contributed by atoms with van der Waals surface area (Å²) in [5, 5.41) is 19.7. The van der Waals surface area contributed by atoms with Crippen molar-refractivity contribution in [3.8, 4) is 45.6 Å². The maximum atomic E-state index is 13.3. The molecule has 0 heterocycles. The monoisotopic (exact) mass is 574 g/mol. The van der Waals surface area contributed by atoms with E-state index in [0.29, 0.717) is 47.8 Å². The van der Waals surface area contributed by atoms with Crippen molar-refractivity contribution in [3.63, 3.8) is 0 Å². The number of aromatic carboxylic acids is 1. The van der Waals surface area contributed by atoms with E-state index in [1.165, 1.54) is 36.4 Å². The summed E-state index contributed by atoms with van der Waals surface area (Å²) in [6.07, 6.45) is 1.28. The van der Waals surface area contributed by atoms with Crippen LogP contribution in [0.1, 0.15) is 42.6 Å². The van der Waals surface area contributed by atoms with Crippen LogP contribution < -0.4 is 18.9 Å². The molecule has 0 aliphatic heterocycles. The fourth-order valence-corrected chi connectivity index (χ4v) is 4.08. The second-order valence-corrected chi connectivity index (χ2v) is 9.23. The van der Waals surface area contributed by atoms with Crippen molar-refractivity contribution in [1.82, 2.24) is 0 Å². The number of carboxylic acid groups (broad SMARTS) is 1. The van der Waals surface area contributed by atoms with Crippen LogP contribution >= 0.6 is 0 Å². The van der Waals surface area contributed by atoms with Gasteiger partial charge in [0.1, 0.15) is 23.1 Å². The average molecular weight is 575 g/mol. The fraction of sp³-hybridized carbons (Fsp3) is 0.212. The third kappa shape index (κ3) is 7.57. The molecule has 4 aromatic rings. The summed E-state index contributed by atoms with van der Waals surface area (Å²) >= 11 is 0. The Morgan fingerprint density at radius 2 is 1.50 bits per heavy atom. The number of aryl methyl sites for hydroxylation is 1. The molecule has 0 amide bonds. The molecule has 0 radical (unpaired) electrons. The Bertz CT molecular complexity index is 1530. The van der Waals surface area contributed by atoms with E-state index in [-0.39, 0.29) is 41.7 Å². The Morgan fingerprint density at radius 1 is 0.833 bits per heavy atom. The van der Waals surface area contributed by atoms with Gasteiger partial charge in [0.2, 0.25) is 5.75 Å². The van der Waals surface area contributed by atoms with E-state index in [4.69, 9.17) is 24.1 Å². The van der Waals surface area contributed by atoms with Crippen LogP contribution in [0.15, 0.2) is 78.9 Å². The highest BCUT2D eigenvalue weighted by Crippen LogP contribution is 2.40. The zero-order valence-electron chi connectivity index (χ0n) is 23.3. The predicted octanol–water partition coefficient (Wildman–Crippen LogP) is 7.41. The van der Waals surface area contributed by atoms with Crippen molar-refractivity contribution in [2.45, 2.75) is 33.1 Å². The molecule has 218 valence electrons. The zero-order valence-corrected chi connectivity index (χ0v) is 23.3. The smallest absolute Gasteiger partial charge is 0.335 e. The van der Waals surface area contributed by atoms with Gasteiger partial charge < -0.3 is 29.2 Å². The van der Waals surface area contributed by atoms with Gasteiger partial charge in [-0.2, -0.15) is 0 Å². The number of hydrogen-bond donors (Lipinski definition) is 2. The highest BCUT2D eigenvalue weighted by atomic mass is 19.1. The van der Waals surface area contributed by atoms with Crippen LogP contribution in [0.4, 0.5) is 4.39 Å². The van der Waals surface area contributed by atoms with E-state index in [1.807, 2.05) is 13.0 Å². The number of esters is 1. The molecule has 0 saturated carbocycles. The van der Waals surface area contributed by atoms with Crippen molar-refractivity contribution in [3.05, 3.63) is 95.8 Å². The Hall–Kier alpha value is -5.05. The van der Waals surface area contributed by atoms with Gasteiger partial charge in [-0.3, -0.25) is 4.79 Å². The first-order valence-electron chi connectivity index (χ1n) is 13.5. The lowest BCUT2D eigenvalue weighted by Crippen LogP contribution is -2.10. The molecule has 0 atom stereocenters. The van der Waals surface area contributed by atoms with Gasteiger partial charge in [-0.25, -0.2) is 9.18 Å². The number of halogens is 1. The number of carboxylic acids is 1. The molecule has 4 aromatic carbocycles. The summed E-state index contributed by atoms with van der Waals surface area (Å²) in [6, 6.07) is 20.1. The van der Waals surface area contributed by atoms with Crippen LogP contribution in [0.25, 0.3) is 11.1 Å². The van der Waals surface area contributed by atoms with E-state index in [1.54, 1.807) is 43.3 Å². The van der Waals surface area contributed by atoms with E-state index in [9.17, 15) is 19.1 Å². The minimum absolute atomic E-state index is 0.0295. The van der Waals surface area contributed by atoms with Gasteiger partial charge >= 0.3 is 11.9 Å². The molecular weight excluding hydrogens is 543 g/mol. The first kappa shape index (κ1) is 29.9. The van der Waals surface area contributed by atoms with Gasteiger partial charge in [-0.15, -0.1) is 0 Å². The van der Waals surface area contributed by atoms with Crippen LogP contribution in [0.3, 0.4) is 0 Å². The van der Waals surface area contributed by atoms with Crippen LogP contribution in [0, 0.1) is 5.82 Å². The fourth-order valence-electron chi connectivity index (χ4n) is 4.08. The molecular formula is C33H31FO8. The molecule has 4 rings (SSSR count). The van der Waals surface area contributed by atoms with E-state index >= 15 is 0 Å². The van der Waals surface area contributed by atoms with Crippen LogP contribution in [-0.2, 0) is 11.2 Å². The lowest BCUT2D eigenvalue weighted by Gasteiger charge is -2.16. The number of benzene rings is 4. The van der Waals surface area contributed by atoms with Crippen LogP contribution in [-0.4, -0.2) is 35.4 Å². The van der Waals surface area contributed by atoms with Gasteiger partial charge in [-0.05, 0) is 72.1 Å². The molecule has 42 heavy (non-hydrogen) atoms. The summed E-state index contributed by atoms with van der Waals surface area (Å²) in [7, 11) is 0. The standard InChI is InChI=1S/C33H31FO8/c1-3-21-19-26(22-9-13-24(34)14-10-22)27(35)20-30(21)40-18-6-17-39-28-7-5-8-29(32(28)42-31(36)4-2)41-25-15-11-23(12-16-25)33(37)38/h5,7-16,19-20,35H,3-4,6,17-18H2,1-2H3,(H,37,38). The average Bonchev–Trinajstić information content (AvgIpc) is 2.99. The van der Waals surface area contributed by atoms with Crippen molar-refractivity contribution < 1.29 is 43.1 Å². The minimum Gasteiger partial charge on any atom is -0.507 e. The third-order valence-corrected chi connectivity index (χ3v) is 6.30. The Labute approximate surface area is 242 Å². The zero-order chi connectivity index (χ0) is 30.1. The van der Waals surface area contributed by atoms with Gasteiger partial charge in [0.25, 0.3) is 0 Å². The predicted molar refractivity (Wildman–Crippen MR) is 154 cm³/mol. The topological polar surface area (TPSA) is 112 Å². The Kier molecular flexibility index (Phi) is 9.99. The number of carbonyl (C=O) groups is 2. The van der Waals surface area contributed by atoms with Crippen LogP contribution in [0.2, 0.25) is 0 Å². The lowest BCUT2D eigenvalue weighted by atomic mass is 10.00. The molecule has 9 heteroatoms. The first-order valence-corrected chi connectivity index (χ1v) is 13.5. The Balaban J connectivity index is 1.41. The molecule has 0 spiro atoms. The maximum Gasteiger partial charge on any atom is 0.335 e. The van der Waals surface area contributed by atoms with Crippen molar-refractivity contribution in [1.29, 1.82) is 0 Å². The van der Waals surface area contributed by atoms with Crippen molar-refractivity contribution in [2.75, 3.05) is 13.2 Å². The number of carbonyl (C=O) groups excluding carboxylic acids is 1. The number of ether oxygens (including phenoxy) is 4. The van der Waals surface area contributed by atoms with Gasteiger partial charge in [-0.1, -0.05) is 32.0 Å². The number of rotatable bonds is 13. The molecule has 8 nitrogen and oxygen atoms in total. The Morgan fingerprint density at radius 3 is 2.14 bits per heavy atom. The molecule has 0 saturated heterocycles. The number of aromatic hydroxyl groups is 1.